The largest absolute Gasteiger partial charge is 0.489 e. The van der Waals surface area contributed by atoms with Gasteiger partial charge in [0.05, 0.1) is 27.6 Å². The van der Waals surface area contributed by atoms with Gasteiger partial charge in [-0.05, 0) is 101 Å². The van der Waals surface area contributed by atoms with Gasteiger partial charge in [0.15, 0.2) is 11.2 Å². The number of hydrogen-bond acceptors (Lipinski definition) is 9. The van der Waals surface area contributed by atoms with Crippen LogP contribution in [0.4, 0.5) is 0 Å². The lowest BCUT2D eigenvalue weighted by Crippen LogP contribution is -2.46. The van der Waals surface area contributed by atoms with E-state index in [-0.39, 0.29) is 25.1 Å². The fourth-order valence-corrected chi connectivity index (χ4v) is 5.03. The first-order valence-electron chi connectivity index (χ1n) is 14.8. The summed E-state index contributed by atoms with van der Waals surface area (Å²) in [5.41, 5.74) is -0.147. The number of carbonyl (C=O) groups excluding carboxylic acids is 3. The van der Waals surface area contributed by atoms with Gasteiger partial charge in [-0.3, -0.25) is 19.2 Å². The highest BCUT2D eigenvalue weighted by molar-refractivity contribution is 6.42. The predicted molar refractivity (Wildman–Crippen MR) is 174 cm³/mol. The Hall–Kier alpha value is -4.28. The van der Waals surface area contributed by atoms with E-state index in [0.717, 1.165) is 15.8 Å². The number of aromatic nitrogens is 3. The molecular formula is C34H35Cl2N3O7. The molecule has 0 atom stereocenters. The van der Waals surface area contributed by atoms with Crippen LogP contribution in [-0.4, -0.2) is 44.9 Å². The summed E-state index contributed by atoms with van der Waals surface area (Å²) in [5, 5.41) is 9.34. The van der Waals surface area contributed by atoms with E-state index in [1.54, 1.807) is 88.4 Å². The van der Waals surface area contributed by atoms with Crippen LogP contribution in [-0.2, 0) is 32.2 Å². The number of ether oxygens (including phenoxy) is 3. The smallest absolute Gasteiger partial charge is 0.324 e. The average Bonchev–Trinajstić information content (AvgIpc) is 3.00. The molecule has 4 rings (SSSR count). The number of ketones is 1. The van der Waals surface area contributed by atoms with Gasteiger partial charge >= 0.3 is 11.9 Å². The molecule has 0 saturated heterocycles. The number of carbonyl (C=O) groups is 3. The third-order valence-corrected chi connectivity index (χ3v) is 7.86. The van der Waals surface area contributed by atoms with Gasteiger partial charge in [-0.2, -0.15) is 0 Å². The van der Waals surface area contributed by atoms with E-state index in [0.29, 0.717) is 26.7 Å². The highest BCUT2D eigenvalue weighted by Gasteiger charge is 2.51. The molecule has 0 aliphatic rings. The second-order valence-electron chi connectivity index (χ2n) is 11.5. The SMILES string of the molecule is Cc1ccc2c(=O)n(CCC(CC(=O)c3ccc(OCc4ccc(Cl)c(Cl)c4)cc3)(C(=O)OC(C)C)C(=O)OC(C)C)nnc2c1. The number of esters is 2. The standard InChI is InChI=1S/C34H35Cl2N3O7/c1-20(2)45-32(42)34(33(43)46-21(3)4,14-15-39-31(41)26-12-6-22(5)16-29(26)37-38-39)18-30(40)24-8-10-25(11-9-24)44-19-23-7-13-27(35)28(36)17-23/h6-13,16-17,20-21H,14-15,18-19H2,1-5H3. The van der Waals surface area contributed by atoms with Crippen molar-refractivity contribution in [2.75, 3.05) is 0 Å². The zero-order valence-corrected chi connectivity index (χ0v) is 27.7. The Labute approximate surface area is 276 Å². The number of halogens is 2. The summed E-state index contributed by atoms with van der Waals surface area (Å²) in [6, 6.07) is 16.6. The number of benzene rings is 3. The van der Waals surface area contributed by atoms with Gasteiger partial charge in [-0.25, -0.2) is 4.68 Å². The Balaban J connectivity index is 1.61. The maximum Gasteiger partial charge on any atom is 0.324 e. The van der Waals surface area contributed by atoms with Crippen LogP contribution in [0.3, 0.4) is 0 Å². The summed E-state index contributed by atoms with van der Waals surface area (Å²) < 4.78 is 17.9. The zero-order valence-electron chi connectivity index (χ0n) is 26.2. The van der Waals surface area contributed by atoms with Crippen molar-refractivity contribution in [3.63, 3.8) is 0 Å². The molecule has 46 heavy (non-hydrogen) atoms. The van der Waals surface area contributed by atoms with Crippen molar-refractivity contribution >= 4 is 51.8 Å². The lowest BCUT2D eigenvalue weighted by Gasteiger charge is -2.30. The van der Waals surface area contributed by atoms with Gasteiger partial charge in [-0.15, -0.1) is 5.10 Å². The first-order chi connectivity index (χ1) is 21.8. The number of rotatable bonds is 13. The summed E-state index contributed by atoms with van der Waals surface area (Å²) in [6.45, 7) is 8.42. The fourth-order valence-electron chi connectivity index (χ4n) is 4.71. The maximum absolute atomic E-state index is 13.7. The van der Waals surface area contributed by atoms with Crippen molar-refractivity contribution in [1.29, 1.82) is 0 Å². The number of fused-ring (bicyclic) bond motifs is 1. The molecule has 4 aromatic rings. The topological polar surface area (TPSA) is 127 Å². The van der Waals surface area contributed by atoms with Crippen LogP contribution in [0.15, 0.2) is 65.5 Å². The maximum atomic E-state index is 13.7. The summed E-state index contributed by atoms with van der Waals surface area (Å²) in [5.74, 6) is -1.89. The lowest BCUT2D eigenvalue weighted by atomic mass is 9.78. The number of hydrogen-bond donors (Lipinski definition) is 0. The third-order valence-electron chi connectivity index (χ3n) is 7.12. The summed E-state index contributed by atoms with van der Waals surface area (Å²) in [7, 11) is 0. The Bertz CT molecular complexity index is 1780. The van der Waals surface area contributed by atoms with E-state index in [9.17, 15) is 19.2 Å². The molecule has 0 saturated carbocycles. The van der Waals surface area contributed by atoms with Crippen molar-refractivity contribution in [3.8, 4) is 5.75 Å². The fraction of sp³-hybridized carbons (Fsp3) is 0.353. The van der Waals surface area contributed by atoms with Crippen molar-refractivity contribution in [1.82, 2.24) is 15.0 Å². The molecule has 12 heteroatoms. The average molecular weight is 669 g/mol. The van der Waals surface area contributed by atoms with E-state index < -0.39 is 47.3 Å². The molecule has 0 radical (unpaired) electrons. The van der Waals surface area contributed by atoms with E-state index in [4.69, 9.17) is 37.4 Å². The van der Waals surface area contributed by atoms with Gasteiger partial charge in [-0.1, -0.05) is 40.5 Å². The van der Waals surface area contributed by atoms with Crippen LogP contribution < -0.4 is 10.3 Å². The minimum Gasteiger partial charge on any atom is -0.489 e. The number of nitrogens with zero attached hydrogens (tertiary/aromatic N) is 3. The van der Waals surface area contributed by atoms with Crippen molar-refractivity contribution in [2.24, 2.45) is 5.41 Å². The van der Waals surface area contributed by atoms with Crippen LogP contribution in [0, 0.1) is 12.3 Å². The molecule has 0 bridgehead atoms. The van der Waals surface area contributed by atoms with Crippen LogP contribution in [0.5, 0.6) is 5.75 Å². The summed E-state index contributed by atoms with van der Waals surface area (Å²) in [4.78, 5) is 54.4. The molecule has 0 aliphatic heterocycles. The third kappa shape index (κ3) is 8.30. The molecule has 0 aliphatic carbocycles. The molecule has 0 spiro atoms. The number of Topliss-reactive ketones (excluding diaryl/α,β-unsaturated/α-hetero) is 1. The van der Waals surface area contributed by atoms with Crippen molar-refractivity contribution < 1.29 is 28.6 Å². The van der Waals surface area contributed by atoms with Gasteiger partial charge in [0.2, 0.25) is 0 Å². The molecule has 3 aromatic carbocycles. The first-order valence-corrected chi connectivity index (χ1v) is 15.5. The molecule has 0 unspecified atom stereocenters. The highest BCUT2D eigenvalue weighted by atomic mass is 35.5. The Morgan fingerprint density at radius 2 is 1.52 bits per heavy atom. The van der Waals surface area contributed by atoms with E-state index in [1.165, 1.54) is 0 Å². The monoisotopic (exact) mass is 667 g/mol. The van der Waals surface area contributed by atoms with E-state index >= 15 is 0 Å². The minimum absolute atomic E-state index is 0.204. The van der Waals surface area contributed by atoms with Gasteiger partial charge < -0.3 is 14.2 Å². The van der Waals surface area contributed by atoms with E-state index in [1.807, 2.05) is 6.92 Å². The highest BCUT2D eigenvalue weighted by Crippen LogP contribution is 2.34. The molecule has 1 aromatic heterocycles. The first kappa shape index (κ1) is 34.6. The molecule has 242 valence electrons. The van der Waals surface area contributed by atoms with Gasteiger partial charge in [0.1, 0.15) is 17.9 Å². The molecule has 0 amide bonds. The van der Waals surface area contributed by atoms with Crippen LogP contribution in [0.2, 0.25) is 10.0 Å². The van der Waals surface area contributed by atoms with Crippen molar-refractivity contribution in [2.45, 2.75) is 72.8 Å². The van der Waals surface area contributed by atoms with Gasteiger partial charge in [0.25, 0.3) is 5.56 Å². The second-order valence-corrected chi connectivity index (χ2v) is 12.4. The van der Waals surface area contributed by atoms with E-state index in [2.05, 4.69) is 10.3 Å². The van der Waals surface area contributed by atoms with Crippen LogP contribution in [0.25, 0.3) is 10.9 Å². The van der Waals surface area contributed by atoms with Crippen molar-refractivity contribution in [3.05, 3.63) is 97.8 Å². The summed E-state index contributed by atoms with van der Waals surface area (Å²) >= 11 is 12.1. The lowest BCUT2D eigenvalue weighted by molar-refractivity contribution is -0.177. The zero-order chi connectivity index (χ0) is 33.6. The molecule has 0 fully saturated rings. The minimum atomic E-state index is -2.07. The molecule has 1 heterocycles. The Morgan fingerprint density at radius 3 is 2.13 bits per heavy atom. The Morgan fingerprint density at radius 1 is 0.870 bits per heavy atom. The van der Waals surface area contributed by atoms with Crippen LogP contribution >= 0.6 is 23.2 Å². The normalized spacial score (nSPS) is 11.6. The predicted octanol–water partition coefficient (Wildman–Crippen LogP) is 6.54. The second kappa shape index (κ2) is 14.9. The quantitative estimate of drug-likeness (QED) is 0.0887. The molecular weight excluding hydrogens is 633 g/mol. The number of aryl methyl sites for hydroxylation is 2. The van der Waals surface area contributed by atoms with Crippen LogP contribution in [0.1, 0.15) is 62.0 Å². The molecule has 10 nitrogen and oxygen atoms in total. The summed E-state index contributed by atoms with van der Waals surface area (Å²) in [6.07, 6.45) is -2.05. The molecule has 0 N–H and O–H groups in total. The Kier molecular flexibility index (Phi) is 11.2. The van der Waals surface area contributed by atoms with Gasteiger partial charge in [0, 0.05) is 18.5 Å².